The standard InChI is InChI=1S/C17H25NO4/c1-11-13-10-15(21-6)14(20-5)9-12(13)7-8-18(11)16(19)22-17(2,3)4/h9-11H,7-8H2,1-6H3/t11-/m0/s1. The zero-order chi connectivity index (χ0) is 16.5. The van der Waals surface area contributed by atoms with Gasteiger partial charge in [0.25, 0.3) is 0 Å². The van der Waals surface area contributed by atoms with Crippen molar-refractivity contribution in [3.05, 3.63) is 23.3 Å². The van der Waals surface area contributed by atoms with E-state index in [9.17, 15) is 4.79 Å². The molecule has 0 N–H and O–H groups in total. The monoisotopic (exact) mass is 307 g/mol. The highest BCUT2D eigenvalue weighted by atomic mass is 16.6. The molecule has 5 heteroatoms. The van der Waals surface area contributed by atoms with Gasteiger partial charge in [-0.2, -0.15) is 0 Å². The van der Waals surface area contributed by atoms with E-state index in [1.54, 1.807) is 19.1 Å². The van der Waals surface area contributed by atoms with Crippen LogP contribution in [0.3, 0.4) is 0 Å². The topological polar surface area (TPSA) is 48.0 Å². The van der Waals surface area contributed by atoms with Crippen LogP contribution >= 0.6 is 0 Å². The Bertz CT molecular complexity index is 563. The normalized spacial score (nSPS) is 17.7. The van der Waals surface area contributed by atoms with E-state index >= 15 is 0 Å². The van der Waals surface area contributed by atoms with Crippen molar-refractivity contribution in [3.8, 4) is 11.5 Å². The van der Waals surface area contributed by atoms with E-state index in [2.05, 4.69) is 0 Å². The van der Waals surface area contributed by atoms with E-state index in [1.165, 1.54) is 5.56 Å². The zero-order valence-electron chi connectivity index (χ0n) is 14.2. The number of hydrogen-bond donors (Lipinski definition) is 0. The number of rotatable bonds is 2. The van der Waals surface area contributed by atoms with Crippen molar-refractivity contribution in [2.75, 3.05) is 20.8 Å². The van der Waals surface area contributed by atoms with Gasteiger partial charge in [-0.1, -0.05) is 0 Å². The van der Waals surface area contributed by atoms with Crippen LogP contribution < -0.4 is 9.47 Å². The van der Waals surface area contributed by atoms with Crippen LogP contribution in [0.25, 0.3) is 0 Å². The number of methoxy groups -OCH3 is 2. The molecule has 0 bridgehead atoms. The van der Waals surface area contributed by atoms with Crippen molar-refractivity contribution in [2.24, 2.45) is 0 Å². The predicted octanol–water partition coefficient (Wildman–Crippen LogP) is 3.56. The van der Waals surface area contributed by atoms with Gasteiger partial charge in [-0.25, -0.2) is 4.79 Å². The third kappa shape index (κ3) is 3.29. The highest BCUT2D eigenvalue weighted by molar-refractivity contribution is 5.69. The fourth-order valence-electron chi connectivity index (χ4n) is 2.71. The second kappa shape index (κ2) is 6.07. The maximum atomic E-state index is 12.4. The third-order valence-corrected chi connectivity index (χ3v) is 3.81. The molecule has 1 aromatic rings. The summed E-state index contributed by atoms with van der Waals surface area (Å²) in [5, 5.41) is 0. The van der Waals surface area contributed by atoms with Gasteiger partial charge in [-0.3, -0.25) is 0 Å². The summed E-state index contributed by atoms with van der Waals surface area (Å²) < 4.78 is 16.2. The molecule has 1 aliphatic rings. The van der Waals surface area contributed by atoms with Crippen LogP contribution in [0.2, 0.25) is 0 Å². The summed E-state index contributed by atoms with van der Waals surface area (Å²) in [6, 6.07) is 3.89. The molecule has 2 rings (SSSR count). The van der Waals surface area contributed by atoms with Gasteiger partial charge >= 0.3 is 6.09 Å². The first-order valence-electron chi connectivity index (χ1n) is 7.51. The van der Waals surface area contributed by atoms with Gasteiger partial charge in [0.15, 0.2) is 11.5 Å². The van der Waals surface area contributed by atoms with E-state index in [0.29, 0.717) is 12.3 Å². The minimum Gasteiger partial charge on any atom is -0.493 e. The lowest BCUT2D eigenvalue weighted by Gasteiger charge is -2.36. The molecule has 0 unspecified atom stereocenters. The predicted molar refractivity (Wildman–Crippen MR) is 84.6 cm³/mol. The smallest absolute Gasteiger partial charge is 0.410 e. The summed E-state index contributed by atoms with van der Waals surface area (Å²) in [4.78, 5) is 14.1. The Hall–Kier alpha value is -1.91. The average Bonchev–Trinajstić information content (AvgIpc) is 2.44. The van der Waals surface area contributed by atoms with E-state index in [1.807, 2.05) is 39.8 Å². The molecule has 1 atom stereocenters. The van der Waals surface area contributed by atoms with Crippen molar-refractivity contribution in [2.45, 2.75) is 45.8 Å². The van der Waals surface area contributed by atoms with Gasteiger partial charge in [0.05, 0.1) is 20.3 Å². The lowest BCUT2D eigenvalue weighted by atomic mass is 9.93. The maximum absolute atomic E-state index is 12.4. The van der Waals surface area contributed by atoms with Gasteiger partial charge in [0.1, 0.15) is 5.60 Å². The van der Waals surface area contributed by atoms with Gasteiger partial charge in [-0.15, -0.1) is 0 Å². The van der Waals surface area contributed by atoms with Crippen LogP contribution in [0.15, 0.2) is 12.1 Å². The Morgan fingerprint density at radius 1 is 1.18 bits per heavy atom. The largest absolute Gasteiger partial charge is 0.493 e. The second-order valence-corrected chi connectivity index (χ2v) is 6.51. The van der Waals surface area contributed by atoms with Gasteiger partial charge in [0, 0.05) is 6.54 Å². The molecule has 5 nitrogen and oxygen atoms in total. The highest BCUT2D eigenvalue weighted by Gasteiger charge is 2.31. The summed E-state index contributed by atoms with van der Waals surface area (Å²) >= 11 is 0. The van der Waals surface area contributed by atoms with Crippen LogP contribution in [0.4, 0.5) is 4.79 Å². The Labute approximate surface area is 132 Å². The summed E-state index contributed by atoms with van der Waals surface area (Å²) in [5.74, 6) is 1.40. The number of fused-ring (bicyclic) bond motifs is 1. The SMILES string of the molecule is COc1cc2c(cc1OC)[C@H](C)N(C(=O)OC(C)(C)C)CC2. The fraction of sp³-hybridized carbons (Fsp3) is 0.588. The van der Waals surface area contributed by atoms with Crippen LogP contribution in [0.5, 0.6) is 11.5 Å². The average molecular weight is 307 g/mol. The number of amides is 1. The Morgan fingerprint density at radius 3 is 2.32 bits per heavy atom. The van der Waals surface area contributed by atoms with Crippen LogP contribution in [0, 0.1) is 0 Å². The van der Waals surface area contributed by atoms with Gasteiger partial charge in [0.2, 0.25) is 0 Å². The summed E-state index contributed by atoms with van der Waals surface area (Å²) in [6.45, 7) is 8.27. The molecule has 0 radical (unpaired) electrons. The van der Waals surface area contributed by atoms with E-state index in [0.717, 1.165) is 17.7 Å². The van der Waals surface area contributed by atoms with Crippen LogP contribution in [-0.4, -0.2) is 37.4 Å². The Kier molecular flexibility index (Phi) is 4.54. The quantitative estimate of drug-likeness (QED) is 0.838. The van der Waals surface area contributed by atoms with Crippen molar-refractivity contribution in [1.29, 1.82) is 0 Å². The number of hydrogen-bond acceptors (Lipinski definition) is 4. The second-order valence-electron chi connectivity index (χ2n) is 6.51. The Morgan fingerprint density at radius 2 is 1.77 bits per heavy atom. The Balaban J connectivity index is 2.29. The van der Waals surface area contributed by atoms with E-state index in [-0.39, 0.29) is 12.1 Å². The first-order chi connectivity index (χ1) is 10.3. The molecule has 0 spiro atoms. The summed E-state index contributed by atoms with van der Waals surface area (Å²) in [7, 11) is 3.24. The van der Waals surface area contributed by atoms with Crippen molar-refractivity contribution in [1.82, 2.24) is 4.90 Å². The summed E-state index contributed by atoms with van der Waals surface area (Å²) in [5.41, 5.74) is 1.77. The molecular weight excluding hydrogens is 282 g/mol. The van der Waals surface area contributed by atoms with Crippen molar-refractivity contribution < 1.29 is 19.0 Å². The number of ether oxygens (including phenoxy) is 3. The van der Waals surface area contributed by atoms with Crippen LogP contribution in [-0.2, 0) is 11.2 Å². The molecule has 22 heavy (non-hydrogen) atoms. The lowest BCUT2D eigenvalue weighted by Crippen LogP contribution is -2.42. The fourth-order valence-corrected chi connectivity index (χ4v) is 2.71. The molecule has 1 aromatic carbocycles. The molecule has 0 fully saturated rings. The van der Waals surface area contributed by atoms with Crippen molar-refractivity contribution in [3.63, 3.8) is 0 Å². The zero-order valence-corrected chi connectivity index (χ0v) is 14.2. The van der Waals surface area contributed by atoms with E-state index in [4.69, 9.17) is 14.2 Å². The molecular formula is C17H25NO4. The van der Waals surface area contributed by atoms with Gasteiger partial charge in [-0.05, 0) is 57.4 Å². The summed E-state index contributed by atoms with van der Waals surface area (Å²) in [6.07, 6.45) is 0.500. The van der Waals surface area contributed by atoms with Gasteiger partial charge < -0.3 is 19.1 Å². The molecule has 1 heterocycles. The molecule has 1 aliphatic heterocycles. The van der Waals surface area contributed by atoms with Crippen molar-refractivity contribution >= 4 is 6.09 Å². The molecule has 0 saturated heterocycles. The first-order valence-corrected chi connectivity index (χ1v) is 7.51. The van der Waals surface area contributed by atoms with Crippen LogP contribution in [0.1, 0.15) is 44.9 Å². The highest BCUT2D eigenvalue weighted by Crippen LogP contribution is 2.38. The lowest BCUT2D eigenvalue weighted by molar-refractivity contribution is 0.0159. The van der Waals surface area contributed by atoms with E-state index < -0.39 is 5.60 Å². The molecule has 122 valence electrons. The minimum absolute atomic E-state index is 0.0570. The molecule has 1 amide bonds. The number of carbonyl (C=O) groups excluding carboxylic acids is 1. The molecule has 0 aliphatic carbocycles. The number of carbonyl (C=O) groups is 1. The first kappa shape index (κ1) is 16.5. The molecule has 0 saturated carbocycles. The molecule has 0 aromatic heterocycles. The minimum atomic E-state index is -0.491. The third-order valence-electron chi connectivity index (χ3n) is 3.81. The number of nitrogens with zero attached hydrogens (tertiary/aromatic N) is 1. The number of benzene rings is 1. The maximum Gasteiger partial charge on any atom is 0.410 e.